The van der Waals surface area contributed by atoms with Gasteiger partial charge in [-0.1, -0.05) is 42.5 Å². The Balaban J connectivity index is 1.53. The minimum Gasteiger partial charge on any atom is -0.508 e. The van der Waals surface area contributed by atoms with Gasteiger partial charge in [-0.25, -0.2) is 4.79 Å². The number of rotatable bonds is 7. The number of urea groups is 1. The number of phenolic OH excluding ortho intramolecular Hbond substituents is 1. The lowest BCUT2D eigenvalue weighted by molar-refractivity contribution is 0.196. The third kappa shape index (κ3) is 5.34. The van der Waals surface area contributed by atoms with Gasteiger partial charge in [0.2, 0.25) is 0 Å². The molecule has 3 N–H and O–H groups in total. The van der Waals surface area contributed by atoms with Crippen LogP contribution in [0, 0.1) is 0 Å². The fraction of sp³-hybridized carbons (Fsp3) is 0.318. The molecule has 2 amide bonds. The summed E-state index contributed by atoms with van der Waals surface area (Å²) in [5.41, 5.74) is 3.55. The molecule has 2 aromatic rings. The maximum Gasteiger partial charge on any atom is 0.317 e. The van der Waals surface area contributed by atoms with Gasteiger partial charge in [0.05, 0.1) is 0 Å². The van der Waals surface area contributed by atoms with Crippen molar-refractivity contribution < 1.29 is 9.90 Å². The highest BCUT2D eigenvalue weighted by Gasteiger charge is 2.22. The maximum atomic E-state index is 12.6. The predicted octanol–water partition coefficient (Wildman–Crippen LogP) is 2.85. The van der Waals surface area contributed by atoms with E-state index in [1.807, 2.05) is 24.3 Å². The molecule has 5 heteroatoms. The van der Waals surface area contributed by atoms with E-state index in [0.29, 0.717) is 31.9 Å². The van der Waals surface area contributed by atoms with Gasteiger partial charge in [0.25, 0.3) is 0 Å². The summed E-state index contributed by atoms with van der Waals surface area (Å²) in [6.45, 7) is 6.21. The molecule has 0 fully saturated rings. The van der Waals surface area contributed by atoms with E-state index in [1.165, 1.54) is 11.1 Å². The molecule has 27 heavy (non-hydrogen) atoms. The molecule has 0 aromatic heterocycles. The molecule has 1 heterocycles. The standard InChI is InChI=1S/C22H27N3O2/c1-2-12-25(22(27)23-11-10-17-6-4-3-5-7-17)16-20-13-18-8-9-21(26)14-19(18)15-24-20/h2-9,14,20,24,26H,1,10-13,15-16H2,(H,23,27). The van der Waals surface area contributed by atoms with Crippen LogP contribution in [0.2, 0.25) is 0 Å². The highest BCUT2D eigenvalue weighted by molar-refractivity contribution is 5.74. The van der Waals surface area contributed by atoms with Crippen molar-refractivity contribution in [1.29, 1.82) is 0 Å². The molecule has 5 nitrogen and oxygen atoms in total. The molecule has 0 aliphatic carbocycles. The van der Waals surface area contributed by atoms with Crippen molar-refractivity contribution >= 4 is 6.03 Å². The van der Waals surface area contributed by atoms with Gasteiger partial charge in [-0.3, -0.25) is 0 Å². The topological polar surface area (TPSA) is 64.6 Å². The molecule has 1 unspecified atom stereocenters. The van der Waals surface area contributed by atoms with Gasteiger partial charge < -0.3 is 20.6 Å². The first kappa shape index (κ1) is 19.0. The smallest absolute Gasteiger partial charge is 0.317 e. The highest BCUT2D eigenvalue weighted by atomic mass is 16.3. The quantitative estimate of drug-likeness (QED) is 0.661. The monoisotopic (exact) mass is 365 g/mol. The van der Waals surface area contributed by atoms with Crippen LogP contribution in [0.5, 0.6) is 5.75 Å². The maximum absolute atomic E-state index is 12.6. The number of phenols is 1. The SMILES string of the molecule is C=CCN(CC1Cc2ccc(O)cc2CN1)C(=O)NCCc1ccccc1. The van der Waals surface area contributed by atoms with Crippen LogP contribution in [0.4, 0.5) is 4.79 Å². The van der Waals surface area contributed by atoms with Crippen LogP contribution in [0.15, 0.2) is 61.2 Å². The summed E-state index contributed by atoms with van der Waals surface area (Å²) in [7, 11) is 0. The number of carbonyl (C=O) groups is 1. The molecule has 0 saturated heterocycles. The number of benzene rings is 2. The summed E-state index contributed by atoms with van der Waals surface area (Å²) in [6, 6.07) is 15.7. The second kappa shape index (κ2) is 9.24. The molecular formula is C22H27N3O2. The highest BCUT2D eigenvalue weighted by Crippen LogP contribution is 2.21. The van der Waals surface area contributed by atoms with Crippen LogP contribution in [0.1, 0.15) is 16.7 Å². The molecule has 1 aliphatic heterocycles. The Hall–Kier alpha value is -2.79. The van der Waals surface area contributed by atoms with Gasteiger partial charge in [-0.2, -0.15) is 0 Å². The van der Waals surface area contributed by atoms with E-state index in [-0.39, 0.29) is 12.1 Å². The van der Waals surface area contributed by atoms with Gasteiger partial charge in [-0.15, -0.1) is 6.58 Å². The minimum atomic E-state index is -0.0656. The summed E-state index contributed by atoms with van der Waals surface area (Å²) in [5, 5.41) is 16.1. The van der Waals surface area contributed by atoms with Crippen LogP contribution >= 0.6 is 0 Å². The van der Waals surface area contributed by atoms with E-state index >= 15 is 0 Å². The van der Waals surface area contributed by atoms with E-state index in [0.717, 1.165) is 18.4 Å². The molecular weight excluding hydrogens is 338 g/mol. The minimum absolute atomic E-state index is 0.0656. The summed E-state index contributed by atoms with van der Waals surface area (Å²) < 4.78 is 0. The van der Waals surface area contributed by atoms with Crippen molar-refractivity contribution in [3.05, 3.63) is 77.9 Å². The van der Waals surface area contributed by atoms with Gasteiger partial charge in [-0.05, 0) is 41.7 Å². The summed E-state index contributed by atoms with van der Waals surface area (Å²) in [6.07, 6.45) is 3.40. The molecule has 1 atom stereocenters. The first-order valence-corrected chi connectivity index (χ1v) is 9.37. The van der Waals surface area contributed by atoms with E-state index in [4.69, 9.17) is 0 Å². The number of nitrogens with one attached hydrogen (secondary N) is 2. The van der Waals surface area contributed by atoms with Gasteiger partial charge in [0.15, 0.2) is 0 Å². The Morgan fingerprint density at radius 3 is 2.85 bits per heavy atom. The number of aromatic hydroxyl groups is 1. The third-order valence-electron chi connectivity index (χ3n) is 4.85. The number of hydrogen-bond donors (Lipinski definition) is 3. The van der Waals surface area contributed by atoms with E-state index < -0.39 is 0 Å². The van der Waals surface area contributed by atoms with Crippen LogP contribution < -0.4 is 10.6 Å². The lowest BCUT2D eigenvalue weighted by atomic mass is 9.95. The fourth-order valence-electron chi connectivity index (χ4n) is 3.43. The zero-order valence-corrected chi connectivity index (χ0v) is 15.5. The summed E-state index contributed by atoms with van der Waals surface area (Å²) in [4.78, 5) is 14.4. The normalized spacial score (nSPS) is 15.6. The zero-order valence-electron chi connectivity index (χ0n) is 15.5. The van der Waals surface area contributed by atoms with Crippen LogP contribution in [-0.2, 0) is 19.4 Å². The van der Waals surface area contributed by atoms with Gasteiger partial charge >= 0.3 is 6.03 Å². The number of carbonyl (C=O) groups excluding carboxylic acids is 1. The molecule has 0 saturated carbocycles. The van der Waals surface area contributed by atoms with Crippen molar-refractivity contribution in [2.24, 2.45) is 0 Å². The largest absolute Gasteiger partial charge is 0.508 e. The Labute approximate surface area is 160 Å². The second-order valence-electron chi connectivity index (χ2n) is 6.90. The van der Waals surface area contributed by atoms with Crippen molar-refractivity contribution in [1.82, 2.24) is 15.5 Å². The average Bonchev–Trinajstić information content (AvgIpc) is 2.68. The van der Waals surface area contributed by atoms with Crippen molar-refractivity contribution in [3.8, 4) is 5.75 Å². The molecule has 142 valence electrons. The second-order valence-corrected chi connectivity index (χ2v) is 6.90. The van der Waals surface area contributed by atoms with E-state index in [1.54, 1.807) is 23.1 Å². The number of nitrogens with zero attached hydrogens (tertiary/aromatic N) is 1. The fourth-order valence-corrected chi connectivity index (χ4v) is 3.43. The van der Waals surface area contributed by atoms with Gasteiger partial charge in [0.1, 0.15) is 5.75 Å². The number of fused-ring (bicyclic) bond motifs is 1. The van der Waals surface area contributed by atoms with Crippen LogP contribution in [-0.4, -0.2) is 41.7 Å². The zero-order chi connectivity index (χ0) is 19.1. The Morgan fingerprint density at radius 1 is 1.26 bits per heavy atom. The summed E-state index contributed by atoms with van der Waals surface area (Å²) in [5.74, 6) is 0.292. The molecule has 2 aromatic carbocycles. The molecule has 3 rings (SSSR count). The number of amides is 2. The Bertz CT molecular complexity index is 776. The lowest BCUT2D eigenvalue weighted by Crippen LogP contribution is -2.49. The predicted molar refractivity (Wildman–Crippen MR) is 108 cm³/mol. The third-order valence-corrected chi connectivity index (χ3v) is 4.85. The molecule has 0 bridgehead atoms. The Kier molecular flexibility index (Phi) is 6.49. The van der Waals surface area contributed by atoms with E-state index in [2.05, 4.69) is 29.3 Å². The summed E-state index contributed by atoms with van der Waals surface area (Å²) >= 11 is 0. The molecule has 0 radical (unpaired) electrons. The van der Waals surface area contributed by atoms with E-state index in [9.17, 15) is 9.90 Å². The number of hydrogen-bond acceptors (Lipinski definition) is 3. The first-order valence-electron chi connectivity index (χ1n) is 9.37. The van der Waals surface area contributed by atoms with Gasteiger partial charge in [0, 0.05) is 32.2 Å². The van der Waals surface area contributed by atoms with Crippen LogP contribution in [0.25, 0.3) is 0 Å². The Morgan fingerprint density at radius 2 is 2.07 bits per heavy atom. The molecule has 0 spiro atoms. The lowest BCUT2D eigenvalue weighted by Gasteiger charge is -2.31. The van der Waals surface area contributed by atoms with Crippen molar-refractivity contribution in [2.75, 3.05) is 19.6 Å². The van der Waals surface area contributed by atoms with Crippen molar-refractivity contribution in [2.45, 2.75) is 25.4 Å². The average molecular weight is 365 g/mol. The molecule has 1 aliphatic rings. The van der Waals surface area contributed by atoms with Crippen molar-refractivity contribution in [3.63, 3.8) is 0 Å². The first-order chi connectivity index (χ1) is 13.2. The van der Waals surface area contributed by atoms with Crippen LogP contribution in [0.3, 0.4) is 0 Å².